The first-order chi connectivity index (χ1) is 22.6. The van der Waals surface area contributed by atoms with Crippen LogP contribution in [-0.2, 0) is 27.8 Å². The van der Waals surface area contributed by atoms with Crippen LogP contribution in [0.1, 0.15) is 53.3 Å². The molecule has 1 aliphatic carbocycles. The number of pyridine rings is 1. The molecule has 2 aliphatic heterocycles. The zero-order valence-corrected chi connectivity index (χ0v) is 29.7. The Morgan fingerprint density at radius 2 is 1.66 bits per heavy atom. The van der Waals surface area contributed by atoms with Gasteiger partial charge >= 0.3 is 16.2 Å². The van der Waals surface area contributed by atoms with Crippen molar-refractivity contribution in [2.45, 2.75) is 45.1 Å². The maximum absolute atomic E-state index is 13.5. The van der Waals surface area contributed by atoms with Gasteiger partial charge in [-0.2, -0.15) is 12.7 Å². The molecule has 2 aromatic carbocycles. The Morgan fingerprint density at radius 3 is 2.36 bits per heavy atom. The van der Waals surface area contributed by atoms with Gasteiger partial charge in [0.2, 0.25) is 5.91 Å². The van der Waals surface area contributed by atoms with E-state index in [1.165, 1.54) is 36.3 Å². The summed E-state index contributed by atoms with van der Waals surface area (Å²) >= 11 is 3.62. The lowest BCUT2D eigenvalue weighted by Gasteiger charge is -2.40. The number of hydrogen-bond donors (Lipinski definition) is 0. The minimum Gasteiger partial charge on any atom is -0.425 e. The van der Waals surface area contributed by atoms with E-state index in [0.717, 1.165) is 53.2 Å². The number of likely N-dealkylation sites (tertiary alicyclic amines) is 1. The van der Waals surface area contributed by atoms with Crippen LogP contribution < -0.4 is 4.74 Å². The van der Waals surface area contributed by atoms with E-state index in [0.29, 0.717) is 38.3 Å². The smallest absolute Gasteiger partial charge is 0.326 e. The maximum atomic E-state index is 13.5. The number of piperazine rings is 1. The van der Waals surface area contributed by atoms with Crippen molar-refractivity contribution >= 4 is 38.1 Å². The van der Waals surface area contributed by atoms with E-state index in [1.807, 2.05) is 34.2 Å². The van der Waals surface area contributed by atoms with E-state index in [4.69, 9.17) is 9.72 Å². The fourth-order valence-corrected chi connectivity index (χ4v) is 7.68. The molecule has 0 radical (unpaired) electrons. The number of hydrogen-bond acceptors (Lipinski definition) is 6. The van der Waals surface area contributed by atoms with Gasteiger partial charge in [-0.1, -0.05) is 46.4 Å². The lowest BCUT2D eigenvalue weighted by Crippen LogP contribution is -2.50. The molecule has 1 atom stereocenters. The summed E-state index contributed by atoms with van der Waals surface area (Å²) in [7, 11) is -0.989. The first-order valence-electron chi connectivity index (χ1n) is 16.3. The summed E-state index contributed by atoms with van der Waals surface area (Å²) < 4.78 is 37.3. The number of benzene rings is 2. The Morgan fingerprint density at radius 1 is 0.957 bits per heavy atom. The van der Waals surface area contributed by atoms with Crippen molar-refractivity contribution in [3.8, 4) is 5.75 Å². The van der Waals surface area contributed by atoms with Crippen LogP contribution in [0.5, 0.6) is 5.75 Å². The molecular weight excluding hydrogens is 680 g/mol. The van der Waals surface area contributed by atoms with Crippen molar-refractivity contribution < 1.29 is 17.9 Å². The number of halogens is 1. The molecule has 0 saturated carbocycles. The fourth-order valence-electron chi connectivity index (χ4n) is 6.79. The van der Waals surface area contributed by atoms with Gasteiger partial charge in [0.05, 0.1) is 11.7 Å². The van der Waals surface area contributed by atoms with E-state index in [-0.39, 0.29) is 23.9 Å². The molecule has 1 amide bonds. The van der Waals surface area contributed by atoms with Crippen LogP contribution in [0.25, 0.3) is 0 Å². The minimum atomic E-state index is -3.88. The number of rotatable bonds is 6. The summed E-state index contributed by atoms with van der Waals surface area (Å²) in [4.78, 5) is 24.8. The van der Waals surface area contributed by atoms with Crippen molar-refractivity contribution in [2.24, 2.45) is 10.3 Å². The standard InChI is InChI=1S/C35H43BrN6O4S/c1-25-9-12-31-27(21-25)10-11-28-23-29(36)24-37-33(28)34(31)41-19-17-40(18-20-41)32(43)22-26-13-15-42(16-14-26)35(38-47(44,45)39(2)3)46-30-7-5-4-6-8-30/h4-9,12,21,23-24,26,34H,10-11,13-20,22H2,1-3H3/b38-35-. The van der Waals surface area contributed by atoms with Crippen LogP contribution in [-0.4, -0.2) is 97.7 Å². The third-order valence-electron chi connectivity index (χ3n) is 9.47. The molecule has 3 aromatic rings. The molecule has 6 rings (SSSR count). The number of nitrogens with zero attached hydrogens (tertiary/aromatic N) is 6. The highest BCUT2D eigenvalue weighted by atomic mass is 79.9. The molecule has 3 aliphatic rings. The van der Waals surface area contributed by atoms with Gasteiger partial charge in [-0.25, -0.2) is 0 Å². The Hall–Kier alpha value is -3.32. The summed E-state index contributed by atoms with van der Waals surface area (Å²) in [6, 6.07) is 18.2. The van der Waals surface area contributed by atoms with Crippen molar-refractivity contribution in [3.05, 3.63) is 93.2 Å². The lowest BCUT2D eigenvalue weighted by atomic mass is 9.92. The number of aromatic nitrogens is 1. The first-order valence-corrected chi connectivity index (χ1v) is 18.5. The summed E-state index contributed by atoms with van der Waals surface area (Å²) in [6.07, 6.45) is 5.85. The third kappa shape index (κ3) is 7.88. The Bertz CT molecular complexity index is 1670. The summed E-state index contributed by atoms with van der Waals surface area (Å²) in [5.41, 5.74) is 6.39. The van der Waals surface area contributed by atoms with E-state index in [2.05, 4.69) is 56.4 Å². The molecular formula is C35H43BrN6O4S. The van der Waals surface area contributed by atoms with Crippen molar-refractivity contribution in [1.82, 2.24) is 24.0 Å². The van der Waals surface area contributed by atoms with Gasteiger partial charge in [0.25, 0.3) is 0 Å². The number of ether oxygens (including phenoxy) is 1. The van der Waals surface area contributed by atoms with Gasteiger partial charge in [-0.3, -0.25) is 14.7 Å². The zero-order chi connectivity index (χ0) is 33.1. The molecule has 12 heteroatoms. The van der Waals surface area contributed by atoms with Gasteiger partial charge in [0.15, 0.2) is 0 Å². The fraction of sp³-hybridized carbons (Fsp3) is 0.457. The van der Waals surface area contributed by atoms with E-state index < -0.39 is 10.2 Å². The maximum Gasteiger partial charge on any atom is 0.326 e. The molecule has 10 nitrogen and oxygen atoms in total. The minimum absolute atomic E-state index is 0.0597. The first kappa shape index (κ1) is 33.6. The second kappa shape index (κ2) is 14.4. The van der Waals surface area contributed by atoms with Crippen LogP contribution in [0.4, 0.5) is 0 Å². The molecule has 47 heavy (non-hydrogen) atoms. The summed E-state index contributed by atoms with van der Waals surface area (Å²) in [5.74, 6) is 0.921. The number of carbonyl (C=O) groups excluding carboxylic acids is 1. The predicted molar refractivity (Wildman–Crippen MR) is 187 cm³/mol. The van der Waals surface area contributed by atoms with Gasteiger partial charge in [0.1, 0.15) is 5.75 Å². The number of piperidine rings is 1. The predicted octanol–water partition coefficient (Wildman–Crippen LogP) is 4.83. The second-order valence-electron chi connectivity index (χ2n) is 12.9. The van der Waals surface area contributed by atoms with E-state index in [1.54, 1.807) is 12.1 Å². The van der Waals surface area contributed by atoms with Gasteiger partial charge in [-0.05, 0) is 89.3 Å². The van der Waals surface area contributed by atoms with Gasteiger partial charge in [-0.15, -0.1) is 0 Å². The van der Waals surface area contributed by atoms with Crippen LogP contribution in [0.2, 0.25) is 0 Å². The highest BCUT2D eigenvalue weighted by Gasteiger charge is 2.34. The second-order valence-corrected chi connectivity index (χ2v) is 15.6. The van der Waals surface area contributed by atoms with Crippen LogP contribution in [0.3, 0.4) is 0 Å². The number of para-hydroxylation sites is 1. The van der Waals surface area contributed by atoms with Crippen LogP contribution in [0, 0.1) is 12.8 Å². The van der Waals surface area contributed by atoms with Crippen LogP contribution >= 0.6 is 15.9 Å². The summed E-state index contributed by atoms with van der Waals surface area (Å²) in [5, 5.41) is 0. The molecule has 0 N–H and O–H groups in total. The molecule has 1 unspecified atom stereocenters. The van der Waals surface area contributed by atoms with Crippen molar-refractivity contribution in [3.63, 3.8) is 0 Å². The number of amidine groups is 1. The highest BCUT2D eigenvalue weighted by Crippen LogP contribution is 2.37. The lowest BCUT2D eigenvalue weighted by molar-refractivity contribution is -0.134. The van der Waals surface area contributed by atoms with Gasteiger partial charge in [0, 0.05) is 70.5 Å². The molecule has 2 fully saturated rings. The summed E-state index contributed by atoms with van der Waals surface area (Å²) in [6.45, 7) is 6.22. The molecule has 1 aromatic heterocycles. The quantitative estimate of drug-likeness (QED) is 0.266. The van der Waals surface area contributed by atoms with E-state index in [9.17, 15) is 13.2 Å². The highest BCUT2D eigenvalue weighted by molar-refractivity contribution is 9.10. The number of carbonyl (C=O) groups is 1. The Kier molecular flexibility index (Phi) is 10.3. The average Bonchev–Trinajstić information content (AvgIpc) is 3.21. The topological polar surface area (TPSA) is 98.7 Å². The normalized spacial score (nSPS) is 19.7. The Balaban J connectivity index is 1.08. The third-order valence-corrected chi connectivity index (χ3v) is 11.2. The molecule has 250 valence electrons. The molecule has 0 spiro atoms. The number of amides is 1. The zero-order valence-electron chi connectivity index (χ0n) is 27.3. The number of fused-ring (bicyclic) bond motifs is 2. The number of aryl methyl sites for hydroxylation is 3. The van der Waals surface area contributed by atoms with Gasteiger partial charge < -0.3 is 14.5 Å². The Labute approximate surface area is 286 Å². The van der Waals surface area contributed by atoms with Crippen molar-refractivity contribution in [2.75, 3.05) is 53.4 Å². The molecule has 2 saturated heterocycles. The van der Waals surface area contributed by atoms with Crippen LogP contribution in [0.15, 0.2) is 69.7 Å². The van der Waals surface area contributed by atoms with Crippen molar-refractivity contribution in [1.29, 1.82) is 0 Å². The SMILES string of the molecule is Cc1ccc2c(c1)CCc1cc(Br)cnc1C2N1CCN(C(=O)CC2CCN(/C(=N/S(=O)(=O)N(C)C)Oc3ccccc3)CC2)CC1. The molecule has 3 heterocycles. The molecule has 0 bridgehead atoms. The average molecular weight is 724 g/mol. The largest absolute Gasteiger partial charge is 0.425 e. The monoisotopic (exact) mass is 722 g/mol. The van der Waals surface area contributed by atoms with E-state index >= 15 is 0 Å².